The molecule has 0 heterocycles. The topological polar surface area (TPSA) is 37.3 Å². The number of hydrogen-bond donors (Lipinski definition) is 1. The molecule has 1 aromatic carbocycles. The van der Waals surface area contributed by atoms with Crippen LogP contribution in [0, 0.1) is 5.82 Å². The highest BCUT2D eigenvalue weighted by Crippen LogP contribution is 2.08. The lowest BCUT2D eigenvalue weighted by molar-refractivity contribution is 0.112. The quantitative estimate of drug-likeness (QED) is 0.648. The van der Waals surface area contributed by atoms with Gasteiger partial charge in [-0.2, -0.15) is 0 Å². The summed E-state index contributed by atoms with van der Waals surface area (Å²) in [4.78, 5) is 10.1. The van der Waals surface area contributed by atoms with Crippen LogP contribution in [-0.2, 0) is 6.61 Å². The first-order valence-corrected chi connectivity index (χ1v) is 3.12. The van der Waals surface area contributed by atoms with Crippen molar-refractivity contribution < 1.29 is 14.3 Å². The third-order valence-corrected chi connectivity index (χ3v) is 1.38. The van der Waals surface area contributed by atoms with E-state index in [0.717, 1.165) is 6.07 Å². The maximum atomic E-state index is 12.7. The van der Waals surface area contributed by atoms with E-state index in [1.165, 1.54) is 12.1 Å². The van der Waals surface area contributed by atoms with Crippen molar-refractivity contribution in [3.8, 4) is 0 Å². The number of rotatable bonds is 2. The van der Waals surface area contributed by atoms with Crippen molar-refractivity contribution in [2.24, 2.45) is 0 Å². The summed E-state index contributed by atoms with van der Waals surface area (Å²) in [7, 11) is 0. The lowest BCUT2D eigenvalue weighted by atomic mass is 10.1. The second kappa shape index (κ2) is 3.25. The Hall–Kier alpha value is -1.22. The molecule has 2 nitrogen and oxygen atoms in total. The number of carbonyl (C=O) groups is 1. The Balaban J connectivity index is 3.09. The van der Waals surface area contributed by atoms with Gasteiger partial charge in [-0.05, 0) is 6.07 Å². The summed E-state index contributed by atoms with van der Waals surface area (Å²) in [5, 5.41) is 8.55. The van der Waals surface area contributed by atoms with E-state index in [2.05, 4.69) is 0 Å². The monoisotopic (exact) mass is 154 g/mol. The van der Waals surface area contributed by atoms with Crippen molar-refractivity contribution in [1.29, 1.82) is 0 Å². The summed E-state index contributed by atoms with van der Waals surface area (Å²) in [6.07, 6.45) is 0.560. The molecule has 0 saturated carbocycles. The first kappa shape index (κ1) is 7.88. The summed E-state index contributed by atoms with van der Waals surface area (Å²) >= 11 is 0. The van der Waals surface area contributed by atoms with Crippen molar-refractivity contribution in [3.05, 3.63) is 35.1 Å². The second-order valence-electron chi connectivity index (χ2n) is 2.13. The molecular formula is C8H7FO2. The fourth-order valence-electron chi connectivity index (χ4n) is 0.765. The van der Waals surface area contributed by atoms with Crippen molar-refractivity contribution in [2.75, 3.05) is 0 Å². The van der Waals surface area contributed by atoms with E-state index >= 15 is 0 Å². The lowest BCUT2D eigenvalue weighted by Crippen LogP contribution is -1.91. The molecule has 0 aromatic heterocycles. The molecule has 0 spiro atoms. The van der Waals surface area contributed by atoms with Gasteiger partial charge in [0.15, 0.2) is 0 Å². The van der Waals surface area contributed by atoms with Crippen molar-refractivity contribution in [2.45, 2.75) is 6.61 Å². The molecule has 0 aliphatic rings. The third kappa shape index (κ3) is 1.62. The van der Waals surface area contributed by atoms with Gasteiger partial charge in [-0.15, -0.1) is 0 Å². The molecule has 0 aliphatic heterocycles. The Labute approximate surface area is 63.3 Å². The van der Waals surface area contributed by atoms with Crippen LogP contribution in [0.1, 0.15) is 15.9 Å². The number of aldehydes is 1. The summed E-state index contributed by atoms with van der Waals surface area (Å²) in [6, 6.07) is 3.94. The molecule has 0 saturated heterocycles. The first-order chi connectivity index (χ1) is 5.27. The van der Waals surface area contributed by atoms with Gasteiger partial charge in [0.1, 0.15) is 12.1 Å². The Morgan fingerprint density at radius 1 is 1.55 bits per heavy atom. The first-order valence-electron chi connectivity index (χ1n) is 3.12. The normalized spacial score (nSPS) is 9.64. The Morgan fingerprint density at radius 2 is 2.27 bits per heavy atom. The van der Waals surface area contributed by atoms with Crippen LogP contribution in [-0.4, -0.2) is 11.4 Å². The highest BCUT2D eigenvalue weighted by Gasteiger charge is 2.00. The van der Waals surface area contributed by atoms with E-state index in [0.29, 0.717) is 6.29 Å². The smallest absolute Gasteiger partial charge is 0.150 e. The van der Waals surface area contributed by atoms with Crippen molar-refractivity contribution in [3.63, 3.8) is 0 Å². The van der Waals surface area contributed by atoms with Gasteiger partial charge in [-0.1, -0.05) is 12.1 Å². The van der Waals surface area contributed by atoms with E-state index in [9.17, 15) is 9.18 Å². The van der Waals surface area contributed by atoms with Gasteiger partial charge >= 0.3 is 0 Å². The van der Waals surface area contributed by atoms with Gasteiger partial charge < -0.3 is 5.11 Å². The van der Waals surface area contributed by atoms with Crippen molar-refractivity contribution >= 4 is 6.29 Å². The van der Waals surface area contributed by atoms with E-state index in [1.54, 1.807) is 0 Å². The average Bonchev–Trinajstić information content (AvgIpc) is 2.04. The molecule has 0 aliphatic carbocycles. The zero-order chi connectivity index (χ0) is 8.27. The van der Waals surface area contributed by atoms with Crippen LogP contribution in [0.4, 0.5) is 4.39 Å². The molecule has 58 valence electrons. The van der Waals surface area contributed by atoms with Gasteiger partial charge in [-0.3, -0.25) is 4.79 Å². The van der Waals surface area contributed by atoms with Gasteiger partial charge in [0.25, 0.3) is 0 Å². The van der Waals surface area contributed by atoms with Gasteiger partial charge in [0.2, 0.25) is 0 Å². The van der Waals surface area contributed by atoms with Gasteiger partial charge in [0, 0.05) is 11.1 Å². The minimum Gasteiger partial charge on any atom is -0.392 e. The van der Waals surface area contributed by atoms with Crippen LogP contribution in [0.2, 0.25) is 0 Å². The number of hydrogen-bond acceptors (Lipinski definition) is 2. The molecule has 0 bridgehead atoms. The predicted octanol–water partition coefficient (Wildman–Crippen LogP) is 1.13. The van der Waals surface area contributed by atoms with E-state index in [-0.39, 0.29) is 17.7 Å². The highest BCUT2D eigenvalue weighted by atomic mass is 19.1. The van der Waals surface area contributed by atoms with E-state index in [1.807, 2.05) is 0 Å². The van der Waals surface area contributed by atoms with E-state index in [4.69, 9.17) is 5.11 Å². The molecule has 0 amide bonds. The number of carbonyl (C=O) groups excluding carboxylic acids is 1. The van der Waals surface area contributed by atoms with Crippen LogP contribution in [0.3, 0.4) is 0 Å². The molecular weight excluding hydrogens is 147 g/mol. The Bertz CT molecular complexity index is 271. The molecule has 3 heteroatoms. The van der Waals surface area contributed by atoms with Crippen molar-refractivity contribution in [1.82, 2.24) is 0 Å². The fourth-order valence-corrected chi connectivity index (χ4v) is 0.765. The Kier molecular flexibility index (Phi) is 2.33. The number of benzene rings is 1. The molecule has 1 aromatic rings. The largest absolute Gasteiger partial charge is 0.392 e. The van der Waals surface area contributed by atoms with Crippen LogP contribution in [0.5, 0.6) is 0 Å². The SMILES string of the molecule is O=Cc1ccc(CO)c(F)c1. The minimum atomic E-state index is -0.544. The maximum Gasteiger partial charge on any atom is 0.150 e. The average molecular weight is 154 g/mol. The van der Waals surface area contributed by atoms with Crippen LogP contribution >= 0.6 is 0 Å². The molecule has 0 fully saturated rings. The van der Waals surface area contributed by atoms with Crippen LogP contribution < -0.4 is 0 Å². The fraction of sp³-hybridized carbons (Fsp3) is 0.125. The molecule has 1 rings (SSSR count). The predicted molar refractivity (Wildman–Crippen MR) is 37.7 cm³/mol. The zero-order valence-electron chi connectivity index (χ0n) is 5.75. The standard InChI is InChI=1S/C8H7FO2/c9-8-3-6(4-10)1-2-7(8)5-11/h1-4,11H,5H2. The third-order valence-electron chi connectivity index (χ3n) is 1.38. The lowest BCUT2D eigenvalue weighted by Gasteiger charge is -1.97. The highest BCUT2D eigenvalue weighted by molar-refractivity contribution is 5.74. The molecule has 0 radical (unpaired) electrons. The minimum absolute atomic E-state index is 0.204. The van der Waals surface area contributed by atoms with Gasteiger partial charge in [-0.25, -0.2) is 4.39 Å². The second-order valence-corrected chi connectivity index (χ2v) is 2.13. The Morgan fingerprint density at radius 3 is 2.73 bits per heavy atom. The zero-order valence-corrected chi connectivity index (χ0v) is 5.75. The maximum absolute atomic E-state index is 12.7. The molecule has 0 unspecified atom stereocenters. The molecule has 1 N–H and O–H groups in total. The molecule has 11 heavy (non-hydrogen) atoms. The van der Waals surface area contributed by atoms with E-state index < -0.39 is 5.82 Å². The number of aliphatic hydroxyl groups is 1. The molecule has 0 atom stereocenters. The van der Waals surface area contributed by atoms with Crippen LogP contribution in [0.25, 0.3) is 0 Å². The van der Waals surface area contributed by atoms with Crippen LogP contribution in [0.15, 0.2) is 18.2 Å². The summed E-state index contributed by atoms with van der Waals surface area (Å²) in [6.45, 7) is -0.342. The summed E-state index contributed by atoms with van der Waals surface area (Å²) in [5.74, 6) is -0.544. The number of aliphatic hydroxyl groups excluding tert-OH is 1. The summed E-state index contributed by atoms with van der Waals surface area (Å²) in [5.41, 5.74) is 0.482. The summed E-state index contributed by atoms with van der Waals surface area (Å²) < 4.78 is 12.7. The van der Waals surface area contributed by atoms with Gasteiger partial charge in [0.05, 0.1) is 6.61 Å². The number of halogens is 1.